The number of rotatable bonds is 4. The molecule has 29 heavy (non-hydrogen) atoms. The highest BCUT2D eigenvalue weighted by molar-refractivity contribution is 6.30. The fourth-order valence-electron chi connectivity index (χ4n) is 2.94. The van der Waals surface area contributed by atoms with Crippen LogP contribution in [0, 0.1) is 5.82 Å². The Kier molecular flexibility index (Phi) is 5.36. The highest BCUT2D eigenvalue weighted by atomic mass is 35.5. The van der Waals surface area contributed by atoms with E-state index in [2.05, 4.69) is 10.3 Å². The van der Waals surface area contributed by atoms with E-state index in [0.29, 0.717) is 16.3 Å². The van der Waals surface area contributed by atoms with Crippen molar-refractivity contribution in [2.24, 2.45) is 0 Å². The Hall–Kier alpha value is -3.50. The van der Waals surface area contributed by atoms with E-state index in [0.717, 1.165) is 22.5 Å². The van der Waals surface area contributed by atoms with Crippen molar-refractivity contribution >= 4 is 23.2 Å². The molecule has 142 valence electrons. The summed E-state index contributed by atoms with van der Waals surface area (Å²) in [6.07, 6.45) is 0. The van der Waals surface area contributed by atoms with Gasteiger partial charge in [-0.2, -0.15) is 0 Å². The molecule has 0 aliphatic rings. The minimum atomic E-state index is -0.283. The average Bonchev–Trinajstić information content (AvgIpc) is 2.75. The van der Waals surface area contributed by atoms with E-state index in [4.69, 9.17) is 11.6 Å². The molecule has 0 radical (unpaired) electrons. The molecular formula is C24H16ClFN2O. The van der Waals surface area contributed by atoms with Crippen molar-refractivity contribution in [1.29, 1.82) is 0 Å². The number of anilines is 1. The minimum Gasteiger partial charge on any atom is -0.322 e. The summed E-state index contributed by atoms with van der Waals surface area (Å²) >= 11 is 5.87. The monoisotopic (exact) mass is 402 g/mol. The van der Waals surface area contributed by atoms with Gasteiger partial charge in [0.25, 0.3) is 5.91 Å². The summed E-state index contributed by atoms with van der Waals surface area (Å²) in [5.41, 5.74) is 4.39. The number of benzene rings is 3. The van der Waals surface area contributed by atoms with Crippen LogP contribution in [0.4, 0.5) is 10.1 Å². The molecule has 0 atom stereocenters. The van der Waals surface area contributed by atoms with Gasteiger partial charge in [-0.15, -0.1) is 0 Å². The zero-order valence-electron chi connectivity index (χ0n) is 15.3. The zero-order valence-corrected chi connectivity index (χ0v) is 16.0. The standard InChI is InChI=1S/C24H16ClFN2O/c25-19-11-7-17(8-12-19)24(29)27-21-4-1-3-18(15-21)23-6-2-5-22(28-23)16-9-13-20(26)14-10-16/h1-15H,(H,27,29). The predicted octanol–water partition coefficient (Wildman–Crippen LogP) is 6.46. The lowest BCUT2D eigenvalue weighted by atomic mass is 10.1. The van der Waals surface area contributed by atoms with Crippen molar-refractivity contribution in [3.05, 3.63) is 107 Å². The Morgan fingerprint density at radius 2 is 1.45 bits per heavy atom. The molecule has 5 heteroatoms. The predicted molar refractivity (Wildman–Crippen MR) is 114 cm³/mol. The first-order valence-corrected chi connectivity index (χ1v) is 9.37. The number of hydrogen-bond acceptors (Lipinski definition) is 2. The van der Waals surface area contributed by atoms with E-state index in [-0.39, 0.29) is 11.7 Å². The molecule has 0 aliphatic heterocycles. The highest BCUT2D eigenvalue weighted by Gasteiger charge is 2.08. The Morgan fingerprint density at radius 3 is 2.17 bits per heavy atom. The molecule has 1 N–H and O–H groups in total. The van der Waals surface area contributed by atoms with E-state index < -0.39 is 0 Å². The van der Waals surface area contributed by atoms with E-state index in [9.17, 15) is 9.18 Å². The third-order valence-electron chi connectivity index (χ3n) is 4.41. The SMILES string of the molecule is O=C(Nc1cccc(-c2cccc(-c3ccc(F)cc3)n2)c1)c1ccc(Cl)cc1. The molecule has 1 amide bonds. The molecular weight excluding hydrogens is 387 g/mol. The highest BCUT2D eigenvalue weighted by Crippen LogP contribution is 2.25. The maximum atomic E-state index is 13.2. The number of carbonyl (C=O) groups is 1. The van der Waals surface area contributed by atoms with Crippen molar-refractivity contribution in [3.63, 3.8) is 0 Å². The van der Waals surface area contributed by atoms with Gasteiger partial charge in [0.15, 0.2) is 0 Å². The second kappa shape index (κ2) is 8.25. The summed E-state index contributed by atoms with van der Waals surface area (Å²) < 4.78 is 13.2. The van der Waals surface area contributed by atoms with Gasteiger partial charge in [0.05, 0.1) is 11.4 Å². The van der Waals surface area contributed by atoms with Gasteiger partial charge in [-0.05, 0) is 72.8 Å². The largest absolute Gasteiger partial charge is 0.322 e. The Balaban J connectivity index is 1.58. The molecule has 0 bridgehead atoms. The quantitative estimate of drug-likeness (QED) is 0.425. The first kappa shape index (κ1) is 18.8. The van der Waals surface area contributed by atoms with Crippen LogP contribution in [0.5, 0.6) is 0 Å². The van der Waals surface area contributed by atoms with Crippen LogP contribution in [0.15, 0.2) is 91.0 Å². The summed E-state index contributed by atoms with van der Waals surface area (Å²) in [6.45, 7) is 0. The smallest absolute Gasteiger partial charge is 0.255 e. The second-order valence-corrected chi connectivity index (χ2v) is 6.89. The van der Waals surface area contributed by atoms with E-state index in [1.165, 1.54) is 12.1 Å². The molecule has 0 saturated heterocycles. The minimum absolute atomic E-state index is 0.216. The van der Waals surface area contributed by atoms with Crippen molar-refractivity contribution in [3.8, 4) is 22.5 Å². The Bertz CT molecular complexity index is 1160. The number of carbonyl (C=O) groups excluding carboxylic acids is 1. The van der Waals surface area contributed by atoms with E-state index in [1.807, 2.05) is 42.5 Å². The second-order valence-electron chi connectivity index (χ2n) is 6.46. The van der Waals surface area contributed by atoms with Crippen LogP contribution in [0.1, 0.15) is 10.4 Å². The van der Waals surface area contributed by atoms with Gasteiger partial charge in [-0.1, -0.05) is 29.8 Å². The van der Waals surface area contributed by atoms with Crippen LogP contribution < -0.4 is 5.32 Å². The molecule has 1 heterocycles. The van der Waals surface area contributed by atoms with Gasteiger partial charge in [0.2, 0.25) is 0 Å². The lowest BCUT2D eigenvalue weighted by Crippen LogP contribution is -2.11. The maximum Gasteiger partial charge on any atom is 0.255 e. The van der Waals surface area contributed by atoms with Gasteiger partial charge in [0.1, 0.15) is 5.82 Å². The molecule has 3 nitrogen and oxygen atoms in total. The average molecular weight is 403 g/mol. The fourth-order valence-corrected chi connectivity index (χ4v) is 3.06. The van der Waals surface area contributed by atoms with Crippen LogP contribution in [-0.2, 0) is 0 Å². The summed E-state index contributed by atoms with van der Waals surface area (Å²) in [5, 5.41) is 3.47. The summed E-state index contributed by atoms with van der Waals surface area (Å²) in [6, 6.07) is 26.1. The third kappa shape index (κ3) is 4.50. The Morgan fingerprint density at radius 1 is 0.793 bits per heavy atom. The zero-order chi connectivity index (χ0) is 20.2. The van der Waals surface area contributed by atoms with Crippen molar-refractivity contribution in [1.82, 2.24) is 4.98 Å². The lowest BCUT2D eigenvalue weighted by molar-refractivity contribution is 0.102. The third-order valence-corrected chi connectivity index (χ3v) is 4.66. The number of aromatic nitrogens is 1. The van der Waals surface area contributed by atoms with Crippen LogP contribution in [0.3, 0.4) is 0 Å². The number of halogens is 2. The van der Waals surface area contributed by atoms with Gasteiger partial charge < -0.3 is 5.32 Å². The van der Waals surface area contributed by atoms with Crippen LogP contribution in [-0.4, -0.2) is 10.9 Å². The molecule has 0 aliphatic carbocycles. The molecule has 3 aromatic carbocycles. The van der Waals surface area contributed by atoms with Gasteiger partial charge in [0, 0.05) is 27.4 Å². The molecule has 4 rings (SSSR count). The van der Waals surface area contributed by atoms with Gasteiger partial charge in [-0.3, -0.25) is 4.79 Å². The number of pyridine rings is 1. The fraction of sp³-hybridized carbons (Fsp3) is 0. The molecule has 4 aromatic rings. The van der Waals surface area contributed by atoms with Gasteiger partial charge in [-0.25, -0.2) is 9.37 Å². The van der Waals surface area contributed by atoms with E-state index >= 15 is 0 Å². The van der Waals surface area contributed by atoms with Crippen LogP contribution in [0.2, 0.25) is 5.02 Å². The number of hydrogen-bond donors (Lipinski definition) is 1. The lowest BCUT2D eigenvalue weighted by Gasteiger charge is -2.09. The summed E-state index contributed by atoms with van der Waals surface area (Å²) in [5.74, 6) is -0.499. The number of nitrogens with one attached hydrogen (secondary N) is 1. The van der Waals surface area contributed by atoms with Crippen molar-refractivity contribution < 1.29 is 9.18 Å². The van der Waals surface area contributed by atoms with E-state index in [1.54, 1.807) is 36.4 Å². The Labute approximate surface area is 172 Å². The topological polar surface area (TPSA) is 42.0 Å². The normalized spacial score (nSPS) is 10.6. The number of nitrogens with zero attached hydrogens (tertiary/aromatic N) is 1. The van der Waals surface area contributed by atoms with Crippen molar-refractivity contribution in [2.45, 2.75) is 0 Å². The molecule has 0 saturated carbocycles. The summed E-state index contributed by atoms with van der Waals surface area (Å²) in [4.78, 5) is 17.1. The number of amides is 1. The molecule has 0 unspecified atom stereocenters. The first-order valence-electron chi connectivity index (χ1n) is 8.99. The first-order chi connectivity index (χ1) is 14.1. The molecule has 0 spiro atoms. The molecule has 0 fully saturated rings. The van der Waals surface area contributed by atoms with Crippen LogP contribution in [0.25, 0.3) is 22.5 Å². The molecule has 1 aromatic heterocycles. The van der Waals surface area contributed by atoms with Crippen LogP contribution >= 0.6 is 11.6 Å². The van der Waals surface area contributed by atoms with Gasteiger partial charge >= 0.3 is 0 Å². The maximum absolute atomic E-state index is 13.2. The summed E-state index contributed by atoms with van der Waals surface area (Å²) in [7, 11) is 0. The van der Waals surface area contributed by atoms with Crippen molar-refractivity contribution in [2.75, 3.05) is 5.32 Å².